The zero-order valence-corrected chi connectivity index (χ0v) is 14.9. The van der Waals surface area contributed by atoms with Crippen molar-refractivity contribution in [3.8, 4) is 5.75 Å². The van der Waals surface area contributed by atoms with Crippen LogP contribution in [0.3, 0.4) is 0 Å². The van der Waals surface area contributed by atoms with E-state index >= 15 is 0 Å². The Balaban J connectivity index is 1.90. The minimum absolute atomic E-state index is 0.0668. The molecule has 0 aromatic heterocycles. The average molecular weight is 357 g/mol. The molecule has 0 saturated heterocycles. The number of nitrogens with one attached hydrogen (secondary N) is 1. The van der Waals surface area contributed by atoms with Crippen molar-refractivity contribution in [1.29, 1.82) is 0 Å². The van der Waals surface area contributed by atoms with Crippen LogP contribution in [0, 0.1) is 6.92 Å². The average Bonchev–Trinajstić information content (AvgIpc) is 2.59. The van der Waals surface area contributed by atoms with E-state index in [4.69, 9.17) is 9.84 Å². The van der Waals surface area contributed by atoms with Gasteiger partial charge >= 0.3 is 5.97 Å². The molecular weight excluding hydrogens is 334 g/mol. The third kappa shape index (κ3) is 5.89. The van der Waals surface area contributed by atoms with Gasteiger partial charge in [0, 0.05) is 0 Å². The molecule has 0 saturated carbocycles. The first kappa shape index (κ1) is 19.5. The van der Waals surface area contributed by atoms with Crippen LogP contribution in [-0.2, 0) is 22.6 Å². The standard InChI is InChI=1S/C20H23NO5/c1-14-5-3-7-16(9-14)12-26-17-8-4-6-15(10-17)11-18(22)21-13-20(2,25)19(23)24/h3-10,25H,11-13H2,1-2H3,(H,21,22)(H,23,24). The molecule has 0 aliphatic carbocycles. The van der Waals surface area contributed by atoms with Gasteiger partial charge in [0.15, 0.2) is 5.60 Å². The van der Waals surface area contributed by atoms with E-state index in [-0.39, 0.29) is 18.9 Å². The van der Waals surface area contributed by atoms with Crippen LogP contribution in [0.15, 0.2) is 48.5 Å². The SMILES string of the molecule is Cc1cccc(COc2cccc(CC(=O)NCC(C)(O)C(=O)O)c2)c1. The number of carbonyl (C=O) groups excluding carboxylic acids is 1. The summed E-state index contributed by atoms with van der Waals surface area (Å²) in [6.07, 6.45) is 0.0668. The largest absolute Gasteiger partial charge is 0.489 e. The summed E-state index contributed by atoms with van der Waals surface area (Å²) in [5, 5.41) is 20.9. The molecule has 0 aliphatic heterocycles. The lowest BCUT2D eigenvalue weighted by molar-refractivity contribution is -0.156. The second-order valence-electron chi connectivity index (χ2n) is 6.46. The Morgan fingerprint density at radius 1 is 1.12 bits per heavy atom. The molecule has 1 amide bonds. The summed E-state index contributed by atoms with van der Waals surface area (Å²) in [4.78, 5) is 22.8. The Bertz CT molecular complexity index is 785. The number of rotatable bonds is 8. The number of carbonyl (C=O) groups is 2. The number of ether oxygens (including phenoxy) is 1. The Morgan fingerprint density at radius 2 is 1.81 bits per heavy atom. The molecule has 3 N–H and O–H groups in total. The second-order valence-corrected chi connectivity index (χ2v) is 6.46. The summed E-state index contributed by atoms with van der Waals surface area (Å²) in [6, 6.07) is 15.2. The lowest BCUT2D eigenvalue weighted by Crippen LogP contribution is -2.46. The van der Waals surface area contributed by atoms with Crippen LogP contribution in [0.1, 0.15) is 23.6 Å². The van der Waals surface area contributed by atoms with E-state index in [0.29, 0.717) is 12.4 Å². The number of benzene rings is 2. The quantitative estimate of drug-likeness (QED) is 0.672. The van der Waals surface area contributed by atoms with Crippen molar-refractivity contribution in [3.63, 3.8) is 0 Å². The summed E-state index contributed by atoms with van der Waals surface area (Å²) in [7, 11) is 0. The first-order valence-corrected chi connectivity index (χ1v) is 8.26. The van der Waals surface area contributed by atoms with Gasteiger partial charge < -0.3 is 20.3 Å². The van der Waals surface area contributed by atoms with E-state index < -0.39 is 11.6 Å². The van der Waals surface area contributed by atoms with E-state index in [1.165, 1.54) is 0 Å². The molecule has 6 heteroatoms. The highest BCUT2D eigenvalue weighted by Crippen LogP contribution is 2.16. The van der Waals surface area contributed by atoms with Crippen molar-refractivity contribution in [1.82, 2.24) is 5.32 Å². The predicted molar refractivity (Wildman–Crippen MR) is 96.9 cm³/mol. The summed E-state index contributed by atoms with van der Waals surface area (Å²) in [5.41, 5.74) is 0.964. The third-order valence-corrected chi connectivity index (χ3v) is 3.84. The van der Waals surface area contributed by atoms with Gasteiger partial charge in [0.25, 0.3) is 0 Å². The Kier molecular flexibility index (Phi) is 6.36. The lowest BCUT2D eigenvalue weighted by Gasteiger charge is -2.18. The summed E-state index contributed by atoms with van der Waals surface area (Å²) in [6.45, 7) is 3.23. The van der Waals surface area contributed by atoms with E-state index in [2.05, 4.69) is 5.32 Å². The van der Waals surface area contributed by atoms with Gasteiger partial charge in [-0.05, 0) is 37.1 Å². The fourth-order valence-corrected chi connectivity index (χ4v) is 2.31. The van der Waals surface area contributed by atoms with Gasteiger partial charge in [0.2, 0.25) is 5.91 Å². The van der Waals surface area contributed by atoms with Crippen molar-refractivity contribution in [2.75, 3.05) is 6.54 Å². The Hall–Kier alpha value is -2.86. The molecule has 0 heterocycles. The highest BCUT2D eigenvalue weighted by Gasteiger charge is 2.30. The molecule has 0 bridgehead atoms. The van der Waals surface area contributed by atoms with Gasteiger partial charge in [-0.3, -0.25) is 4.79 Å². The maximum Gasteiger partial charge on any atom is 0.337 e. The van der Waals surface area contributed by atoms with Gasteiger partial charge in [-0.25, -0.2) is 4.79 Å². The number of hydrogen-bond donors (Lipinski definition) is 3. The molecule has 2 aromatic carbocycles. The molecule has 0 spiro atoms. The highest BCUT2D eigenvalue weighted by molar-refractivity contribution is 5.81. The van der Waals surface area contributed by atoms with Crippen molar-refractivity contribution in [2.24, 2.45) is 0 Å². The molecule has 1 atom stereocenters. The fraction of sp³-hybridized carbons (Fsp3) is 0.300. The van der Waals surface area contributed by atoms with Crippen molar-refractivity contribution < 1.29 is 24.5 Å². The van der Waals surface area contributed by atoms with E-state index in [9.17, 15) is 14.7 Å². The summed E-state index contributed by atoms with van der Waals surface area (Å²) in [5.74, 6) is -1.11. The van der Waals surface area contributed by atoms with Crippen LogP contribution in [0.5, 0.6) is 5.75 Å². The Labute approximate surface area is 152 Å². The first-order chi connectivity index (χ1) is 12.3. The smallest absolute Gasteiger partial charge is 0.337 e. The minimum Gasteiger partial charge on any atom is -0.489 e. The maximum absolute atomic E-state index is 12.0. The first-order valence-electron chi connectivity index (χ1n) is 8.26. The maximum atomic E-state index is 12.0. The molecule has 0 fully saturated rings. The van der Waals surface area contributed by atoms with Crippen molar-refractivity contribution in [2.45, 2.75) is 32.5 Å². The lowest BCUT2D eigenvalue weighted by atomic mass is 10.1. The topological polar surface area (TPSA) is 95.9 Å². The fourth-order valence-electron chi connectivity index (χ4n) is 2.31. The van der Waals surface area contributed by atoms with E-state index in [0.717, 1.165) is 23.6 Å². The number of carboxylic acids is 1. The molecular formula is C20H23NO5. The summed E-state index contributed by atoms with van der Waals surface area (Å²) >= 11 is 0. The normalized spacial score (nSPS) is 12.9. The number of aryl methyl sites for hydroxylation is 1. The van der Waals surface area contributed by atoms with Crippen LogP contribution < -0.4 is 10.1 Å². The zero-order valence-electron chi connectivity index (χ0n) is 14.9. The second kappa shape index (κ2) is 8.49. The van der Waals surface area contributed by atoms with Gasteiger partial charge in [0.05, 0.1) is 13.0 Å². The van der Waals surface area contributed by atoms with E-state index in [1.807, 2.05) is 37.3 Å². The number of aliphatic carboxylic acids is 1. The molecule has 2 rings (SSSR count). The summed E-state index contributed by atoms with van der Waals surface area (Å²) < 4.78 is 5.77. The van der Waals surface area contributed by atoms with Crippen LogP contribution in [-0.4, -0.2) is 34.2 Å². The van der Waals surface area contributed by atoms with Gasteiger partial charge in [0.1, 0.15) is 12.4 Å². The molecule has 2 aromatic rings. The van der Waals surface area contributed by atoms with Crippen molar-refractivity contribution in [3.05, 3.63) is 65.2 Å². The zero-order chi connectivity index (χ0) is 19.2. The molecule has 1 unspecified atom stereocenters. The number of aliphatic hydroxyl groups is 1. The number of hydrogen-bond acceptors (Lipinski definition) is 4. The number of carboxylic acid groups (broad SMARTS) is 1. The molecule has 0 radical (unpaired) electrons. The van der Waals surface area contributed by atoms with Crippen molar-refractivity contribution >= 4 is 11.9 Å². The van der Waals surface area contributed by atoms with Gasteiger partial charge in [-0.2, -0.15) is 0 Å². The molecule has 26 heavy (non-hydrogen) atoms. The third-order valence-electron chi connectivity index (χ3n) is 3.84. The van der Waals surface area contributed by atoms with Gasteiger partial charge in [-0.1, -0.05) is 42.0 Å². The van der Waals surface area contributed by atoms with Crippen LogP contribution in [0.25, 0.3) is 0 Å². The van der Waals surface area contributed by atoms with Crippen LogP contribution in [0.4, 0.5) is 0 Å². The van der Waals surface area contributed by atoms with Crippen LogP contribution in [0.2, 0.25) is 0 Å². The minimum atomic E-state index is -1.99. The highest BCUT2D eigenvalue weighted by atomic mass is 16.5. The molecule has 0 aliphatic rings. The molecule has 6 nitrogen and oxygen atoms in total. The molecule has 138 valence electrons. The van der Waals surface area contributed by atoms with Crippen LogP contribution >= 0.6 is 0 Å². The Morgan fingerprint density at radius 3 is 2.50 bits per heavy atom. The van der Waals surface area contributed by atoms with Gasteiger partial charge in [-0.15, -0.1) is 0 Å². The number of amides is 1. The monoisotopic (exact) mass is 357 g/mol. The van der Waals surface area contributed by atoms with E-state index in [1.54, 1.807) is 18.2 Å². The predicted octanol–water partition coefficient (Wildman–Crippen LogP) is 2.07.